The standard InChI is InChI=1S/C16H40O8Si3/c1-9-17-25(18-10-2,19-11-3)27(23-15-7,24-16-8)26(20-12-4,21-13-5)22-14-6/h9-16H2,1-8H3. The molecule has 0 spiro atoms. The Bertz CT molecular complexity index is 308. The van der Waals surface area contributed by atoms with Crippen molar-refractivity contribution in [2.24, 2.45) is 0 Å². The molecule has 8 nitrogen and oxygen atoms in total. The van der Waals surface area contributed by atoms with Crippen molar-refractivity contribution < 1.29 is 35.4 Å². The second-order valence-corrected chi connectivity index (χ2v) is 20.1. The summed E-state index contributed by atoms with van der Waals surface area (Å²) in [4.78, 5) is 0. The minimum absolute atomic E-state index is 0.385. The first-order chi connectivity index (χ1) is 13.0. The predicted molar refractivity (Wildman–Crippen MR) is 110 cm³/mol. The van der Waals surface area contributed by atoms with Crippen molar-refractivity contribution in [3.05, 3.63) is 0 Å². The zero-order valence-corrected chi connectivity index (χ0v) is 21.4. The smallest absolute Gasteiger partial charge is 0.389 e. The van der Waals surface area contributed by atoms with Crippen LogP contribution in [0.2, 0.25) is 0 Å². The maximum absolute atomic E-state index is 6.41. The Morgan fingerprint density at radius 1 is 0.333 bits per heavy atom. The Hall–Kier alpha value is 0.331. The molecule has 0 aromatic carbocycles. The van der Waals surface area contributed by atoms with E-state index in [1.54, 1.807) is 0 Å². The van der Waals surface area contributed by atoms with Gasteiger partial charge in [-0.2, -0.15) is 0 Å². The lowest BCUT2D eigenvalue weighted by Crippen LogP contribution is -2.86. The molecule has 11 heteroatoms. The maximum atomic E-state index is 6.41. The highest BCUT2D eigenvalue weighted by atomic mass is 29.7. The maximum Gasteiger partial charge on any atom is 0.544 e. The Balaban J connectivity index is 6.83. The van der Waals surface area contributed by atoms with E-state index in [9.17, 15) is 0 Å². The van der Waals surface area contributed by atoms with Crippen LogP contribution < -0.4 is 0 Å². The molecule has 0 aliphatic heterocycles. The third-order valence-electron chi connectivity index (χ3n) is 3.51. The van der Waals surface area contributed by atoms with E-state index >= 15 is 0 Å². The summed E-state index contributed by atoms with van der Waals surface area (Å²) < 4.78 is 50.2. The van der Waals surface area contributed by atoms with Gasteiger partial charge in [-0.3, -0.25) is 0 Å². The molecule has 0 aliphatic rings. The average molecular weight is 445 g/mol. The van der Waals surface area contributed by atoms with Gasteiger partial charge in [0.05, 0.1) is 0 Å². The summed E-state index contributed by atoms with van der Waals surface area (Å²) in [6.45, 7) is 18.4. The van der Waals surface area contributed by atoms with Gasteiger partial charge in [-0.1, -0.05) is 0 Å². The van der Waals surface area contributed by atoms with Crippen LogP contribution in [-0.4, -0.2) is 77.1 Å². The van der Waals surface area contributed by atoms with Gasteiger partial charge >= 0.3 is 24.2 Å². The highest BCUT2D eigenvalue weighted by Crippen LogP contribution is 2.36. The summed E-state index contributed by atoms with van der Waals surface area (Å²) in [5.41, 5.74) is 0. The Morgan fingerprint density at radius 3 is 0.667 bits per heavy atom. The van der Waals surface area contributed by atoms with Crippen LogP contribution in [0.25, 0.3) is 0 Å². The highest BCUT2D eigenvalue weighted by Gasteiger charge is 2.85. The van der Waals surface area contributed by atoms with E-state index in [1.807, 2.05) is 55.4 Å². The molecule has 0 rings (SSSR count). The van der Waals surface area contributed by atoms with Crippen LogP contribution in [0.5, 0.6) is 0 Å². The van der Waals surface area contributed by atoms with E-state index in [2.05, 4.69) is 0 Å². The van der Waals surface area contributed by atoms with Gasteiger partial charge in [-0.15, -0.1) is 0 Å². The fourth-order valence-corrected chi connectivity index (χ4v) is 27.1. The van der Waals surface area contributed by atoms with Crippen LogP contribution in [0, 0.1) is 0 Å². The SMILES string of the molecule is CCO[Si](OCC)(OCC)[Si](OCC)(OCC)[Si](OCC)(OCC)OCC. The van der Waals surface area contributed by atoms with E-state index in [0.29, 0.717) is 52.9 Å². The first-order valence-electron chi connectivity index (χ1n) is 10.1. The molecule has 164 valence electrons. The first kappa shape index (κ1) is 27.3. The molecule has 27 heavy (non-hydrogen) atoms. The monoisotopic (exact) mass is 444 g/mol. The Labute approximate surface area is 168 Å². The van der Waals surface area contributed by atoms with Crippen molar-refractivity contribution in [2.45, 2.75) is 55.4 Å². The van der Waals surface area contributed by atoms with Gasteiger partial charge in [0, 0.05) is 52.9 Å². The normalized spacial score (nSPS) is 13.3. The van der Waals surface area contributed by atoms with Crippen molar-refractivity contribution in [2.75, 3.05) is 52.9 Å². The van der Waals surface area contributed by atoms with Crippen molar-refractivity contribution in [1.82, 2.24) is 0 Å². The van der Waals surface area contributed by atoms with Crippen molar-refractivity contribution >= 4 is 24.2 Å². The molecule has 0 fully saturated rings. The molecule has 0 aliphatic carbocycles. The van der Waals surface area contributed by atoms with E-state index in [4.69, 9.17) is 35.4 Å². The van der Waals surface area contributed by atoms with Gasteiger partial charge in [0.15, 0.2) is 0 Å². The molecule has 0 atom stereocenters. The summed E-state index contributed by atoms with van der Waals surface area (Å²) in [5, 5.41) is 0. The van der Waals surface area contributed by atoms with Crippen molar-refractivity contribution in [3.8, 4) is 0 Å². The lowest BCUT2D eigenvalue weighted by atomic mass is 10.9. The summed E-state index contributed by atoms with van der Waals surface area (Å²) in [7, 11) is -10.5. The third kappa shape index (κ3) is 6.15. The Morgan fingerprint density at radius 2 is 0.519 bits per heavy atom. The molecule has 0 bridgehead atoms. The van der Waals surface area contributed by atoms with Crippen LogP contribution in [0.3, 0.4) is 0 Å². The molecule has 0 saturated carbocycles. The Kier molecular flexibility index (Phi) is 14.5. The quantitative estimate of drug-likeness (QED) is 0.299. The average Bonchev–Trinajstić information content (AvgIpc) is 2.62. The molecule has 0 aromatic rings. The van der Waals surface area contributed by atoms with Crippen LogP contribution in [0.15, 0.2) is 0 Å². The van der Waals surface area contributed by atoms with Gasteiger partial charge in [0.1, 0.15) is 0 Å². The summed E-state index contributed by atoms with van der Waals surface area (Å²) >= 11 is 0. The number of rotatable bonds is 18. The number of hydrogen-bond acceptors (Lipinski definition) is 8. The molecular weight excluding hydrogens is 404 g/mol. The minimum Gasteiger partial charge on any atom is -0.389 e. The zero-order chi connectivity index (χ0) is 20.8. The zero-order valence-electron chi connectivity index (χ0n) is 18.4. The second-order valence-electron chi connectivity index (χ2n) is 5.19. The van der Waals surface area contributed by atoms with Crippen LogP contribution in [0.1, 0.15) is 55.4 Å². The van der Waals surface area contributed by atoms with Gasteiger partial charge in [-0.05, 0) is 55.4 Å². The van der Waals surface area contributed by atoms with Crippen LogP contribution in [-0.2, 0) is 35.4 Å². The third-order valence-corrected chi connectivity index (χ3v) is 25.2. The van der Waals surface area contributed by atoms with E-state index in [1.165, 1.54) is 0 Å². The lowest BCUT2D eigenvalue weighted by molar-refractivity contribution is 0.0406. The molecule has 0 radical (unpaired) electrons. The van der Waals surface area contributed by atoms with E-state index < -0.39 is 24.2 Å². The highest BCUT2D eigenvalue weighted by molar-refractivity contribution is 7.57. The molecule has 0 amide bonds. The summed E-state index contributed by atoms with van der Waals surface area (Å²) in [5.74, 6) is 0. The van der Waals surface area contributed by atoms with Crippen molar-refractivity contribution in [3.63, 3.8) is 0 Å². The van der Waals surface area contributed by atoms with Gasteiger partial charge in [0.2, 0.25) is 0 Å². The van der Waals surface area contributed by atoms with Crippen molar-refractivity contribution in [1.29, 1.82) is 0 Å². The molecule has 0 unspecified atom stereocenters. The largest absolute Gasteiger partial charge is 0.544 e. The summed E-state index contributed by atoms with van der Waals surface area (Å²) in [6, 6.07) is 0. The molecule has 0 heterocycles. The second kappa shape index (κ2) is 14.3. The molecule has 0 aromatic heterocycles. The molecule has 0 N–H and O–H groups in total. The first-order valence-corrected chi connectivity index (χ1v) is 17.4. The van der Waals surface area contributed by atoms with Crippen LogP contribution >= 0.6 is 0 Å². The fraction of sp³-hybridized carbons (Fsp3) is 1.00. The molecule has 0 saturated heterocycles. The fourth-order valence-electron chi connectivity index (χ4n) is 2.95. The minimum atomic E-state index is -3.54. The van der Waals surface area contributed by atoms with E-state index in [-0.39, 0.29) is 0 Å². The summed E-state index contributed by atoms with van der Waals surface area (Å²) in [6.07, 6.45) is 0. The van der Waals surface area contributed by atoms with Gasteiger partial charge < -0.3 is 35.4 Å². The number of hydrogen-bond donors (Lipinski definition) is 0. The topological polar surface area (TPSA) is 73.8 Å². The van der Waals surface area contributed by atoms with Crippen LogP contribution in [0.4, 0.5) is 0 Å². The van der Waals surface area contributed by atoms with Gasteiger partial charge in [-0.25, -0.2) is 0 Å². The lowest BCUT2D eigenvalue weighted by Gasteiger charge is -2.47. The van der Waals surface area contributed by atoms with E-state index in [0.717, 1.165) is 0 Å². The predicted octanol–water partition coefficient (Wildman–Crippen LogP) is 2.76. The molecular formula is C16H40O8Si3. The van der Waals surface area contributed by atoms with Gasteiger partial charge in [0.25, 0.3) is 0 Å².